The Bertz CT molecular complexity index is 570. The maximum Gasteiger partial charge on any atom is 0.244 e. The molecule has 1 aliphatic heterocycles. The summed E-state index contributed by atoms with van der Waals surface area (Å²) >= 11 is 0. The highest BCUT2D eigenvalue weighted by Crippen LogP contribution is 2.25. The highest BCUT2D eigenvalue weighted by Gasteiger charge is 2.27. The van der Waals surface area contributed by atoms with Crippen molar-refractivity contribution in [2.24, 2.45) is 5.73 Å². The molecule has 0 radical (unpaired) electrons. The van der Waals surface area contributed by atoms with Crippen LogP contribution in [0.2, 0.25) is 0 Å². The van der Waals surface area contributed by atoms with Gasteiger partial charge in [-0.15, -0.1) is 0 Å². The Labute approximate surface area is 112 Å². The first-order valence-electron chi connectivity index (χ1n) is 6.42. The fraction of sp³-hybridized carbons (Fsp3) is 0.188. The van der Waals surface area contributed by atoms with Crippen molar-refractivity contribution in [1.29, 1.82) is 0 Å². The lowest BCUT2D eigenvalue weighted by molar-refractivity contribution is -0.133. The molecule has 3 heteroatoms. The van der Waals surface area contributed by atoms with E-state index in [4.69, 9.17) is 5.73 Å². The number of nitrogens with zero attached hydrogens (tertiary/aromatic N) is 1. The first-order valence-corrected chi connectivity index (χ1v) is 6.42. The number of hydrogen-bond donors (Lipinski definition) is 1. The van der Waals surface area contributed by atoms with E-state index in [1.807, 2.05) is 47.4 Å². The summed E-state index contributed by atoms with van der Waals surface area (Å²) in [4.78, 5) is 14.2. The van der Waals surface area contributed by atoms with Crippen molar-refractivity contribution in [2.75, 3.05) is 0 Å². The van der Waals surface area contributed by atoms with Gasteiger partial charge >= 0.3 is 0 Å². The van der Waals surface area contributed by atoms with Gasteiger partial charge in [0.2, 0.25) is 5.91 Å². The molecular weight excluding hydrogens is 236 g/mol. The minimum Gasteiger partial charge on any atom is -0.332 e. The standard InChI is InChI=1S/C16H16N2O/c17-15(12-6-2-1-3-7-12)16(19)18-10-13-8-4-5-9-14(13)11-18/h1-9,15H,10-11,17H2/t15-/m0/s1. The molecule has 2 N–H and O–H groups in total. The van der Waals surface area contributed by atoms with Crippen LogP contribution in [0.4, 0.5) is 0 Å². The smallest absolute Gasteiger partial charge is 0.244 e. The Morgan fingerprint density at radius 2 is 1.47 bits per heavy atom. The second-order valence-electron chi connectivity index (χ2n) is 4.85. The average molecular weight is 252 g/mol. The van der Waals surface area contributed by atoms with Crippen LogP contribution in [0.15, 0.2) is 54.6 Å². The van der Waals surface area contributed by atoms with Crippen LogP contribution in [-0.4, -0.2) is 10.8 Å². The number of hydrogen-bond acceptors (Lipinski definition) is 2. The largest absolute Gasteiger partial charge is 0.332 e. The van der Waals surface area contributed by atoms with Crippen LogP contribution in [0.3, 0.4) is 0 Å². The lowest BCUT2D eigenvalue weighted by Gasteiger charge is -2.20. The number of rotatable bonds is 2. The monoisotopic (exact) mass is 252 g/mol. The van der Waals surface area contributed by atoms with Gasteiger partial charge in [-0.25, -0.2) is 0 Å². The third-order valence-electron chi connectivity index (χ3n) is 3.58. The van der Waals surface area contributed by atoms with Crippen LogP contribution in [0.25, 0.3) is 0 Å². The summed E-state index contributed by atoms with van der Waals surface area (Å²) in [7, 11) is 0. The zero-order valence-electron chi connectivity index (χ0n) is 10.6. The van der Waals surface area contributed by atoms with E-state index in [0.29, 0.717) is 13.1 Å². The molecule has 3 nitrogen and oxygen atoms in total. The Kier molecular flexibility index (Phi) is 3.05. The van der Waals surface area contributed by atoms with Crippen LogP contribution < -0.4 is 5.73 Å². The van der Waals surface area contributed by atoms with Gasteiger partial charge in [0.15, 0.2) is 0 Å². The molecule has 0 saturated carbocycles. The van der Waals surface area contributed by atoms with Crippen molar-refractivity contribution in [1.82, 2.24) is 4.90 Å². The summed E-state index contributed by atoms with van der Waals surface area (Å²) in [6.07, 6.45) is 0. The van der Waals surface area contributed by atoms with Gasteiger partial charge in [-0.05, 0) is 16.7 Å². The third kappa shape index (κ3) is 2.25. The molecule has 3 rings (SSSR count). The molecule has 2 aromatic carbocycles. The van der Waals surface area contributed by atoms with E-state index in [1.54, 1.807) is 0 Å². The molecule has 0 aliphatic carbocycles. The van der Waals surface area contributed by atoms with Crippen molar-refractivity contribution in [3.05, 3.63) is 71.3 Å². The fourth-order valence-electron chi connectivity index (χ4n) is 2.49. The highest BCUT2D eigenvalue weighted by atomic mass is 16.2. The van der Waals surface area contributed by atoms with Crippen molar-refractivity contribution in [3.8, 4) is 0 Å². The summed E-state index contributed by atoms with van der Waals surface area (Å²) in [6, 6.07) is 17.1. The van der Waals surface area contributed by atoms with Crippen LogP contribution in [-0.2, 0) is 17.9 Å². The first kappa shape index (κ1) is 11.9. The Balaban J connectivity index is 1.77. The number of benzene rings is 2. The van der Waals surface area contributed by atoms with E-state index in [2.05, 4.69) is 12.1 Å². The molecule has 96 valence electrons. The highest BCUT2D eigenvalue weighted by molar-refractivity contribution is 5.83. The summed E-state index contributed by atoms with van der Waals surface area (Å²) in [5.41, 5.74) is 9.36. The van der Waals surface area contributed by atoms with E-state index in [9.17, 15) is 4.79 Å². The third-order valence-corrected chi connectivity index (χ3v) is 3.58. The van der Waals surface area contributed by atoms with E-state index in [0.717, 1.165) is 5.56 Å². The van der Waals surface area contributed by atoms with Crippen LogP contribution in [0.5, 0.6) is 0 Å². The molecular formula is C16H16N2O. The van der Waals surface area contributed by atoms with Crippen molar-refractivity contribution < 1.29 is 4.79 Å². The molecule has 0 bridgehead atoms. The van der Waals surface area contributed by atoms with Crippen molar-refractivity contribution in [3.63, 3.8) is 0 Å². The SMILES string of the molecule is N[C@H](C(=O)N1Cc2ccccc2C1)c1ccccc1. The molecule has 2 aromatic rings. The number of amides is 1. The predicted octanol–water partition coefficient (Wildman–Crippen LogP) is 2.23. The quantitative estimate of drug-likeness (QED) is 0.891. The molecule has 1 heterocycles. The fourth-order valence-corrected chi connectivity index (χ4v) is 2.49. The van der Waals surface area contributed by atoms with Crippen LogP contribution in [0.1, 0.15) is 22.7 Å². The van der Waals surface area contributed by atoms with E-state index < -0.39 is 6.04 Å². The van der Waals surface area contributed by atoms with Gasteiger partial charge in [0.1, 0.15) is 6.04 Å². The van der Waals surface area contributed by atoms with Crippen LogP contribution >= 0.6 is 0 Å². The zero-order valence-corrected chi connectivity index (χ0v) is 10.6. The van der Waals surface area contributed by atoms with E-state index in [1.165, 1.54) is 11.1 Å². The number of carbonyl (C=O) groups excluding carboxylic acids is 1. The normalized spacial score (nSPS) is 15.1. The second kappa shape index (κ2) is 4.86. The first-order chi connectivity index (χ1) is 9.25. The number of carbonyl (C=O) groups is 1. The minimum absolute atomic E-state index is 0.0117. The number of nitrogens with two attached hydrogens (primary N) is 1. The van der Waals surface area contributed by atoms with Crippen molar-refractivity contribution in [2.45, 2.75) is 19.1 Å². The van der Waals surface area contributed by atoms with Gasteiger partial charge in [-0.1, -0.05) is 54.6 Å². The lowest BCUT2D eigenvalue weighted by atomic mass is 10.1. The van der Waals surface area contributed by atoms with Gasteiger partial charge in [0.25, 0.3) is 0 Å². The summed E-state index contributed by atoms with van der Waals surface area (Å²) in [5.74, 6) is -0.0117. The number of fused-ring (bicyclic) bond motifs is 1. The maximum atomic E-state index is 12.4. The average Bonchev–Trinajstić information content (AvgIpc) is 2.90. The van der Waals surface area contributed by atoms with Gasteiger partial charge in [0, 0.05) is 13.1 Å². The molecule has 1 aliphatic rings. The molecule has 19 heavy (non-hydrogen) atoms. The Morgan fingerprint density at radius 1 is 0.947 bits per heavy atom. The molecule has 1 amide bonds. The summed E-state index contributed by atoms with van der Waals surface area (Å²) in [6.45, 7) is 1.32. The molecule has 0 fully saturated rings. The van der Waals surface area contributed by atoms with Gasteiger partial charge in [-0.3, -0.25) is 4.79 Å². The molecule has 0 unspecified atom stereocenters. The predicted molar refractivity (Wildman–Crippen MR) is 74.1 cm³/mol. The molecule has 0 aromatic heterocycles. The van der Waals surface area contributed by atoms with Gasteiger partial charge in [-0.2, -0.15) is 0 Å². The van der Waals surface area contributed by atoms with E-state index >= 15 is 0 Å². The van der Waals surface area contributed by atoms with E-state index in [-0.39, 0.29) is 5.91 Å². The maximum absolute atomic E-state index is 12.4. The molecule has 0 spiro atoms. The van der Waals surface area contributed by atoms with Gasteiger partial charge < -0.3 is 10.6 Å². The topological polar surface area (TPSA) is 46.3 Å². The molecule has 1 atom stereocenters. The van der Waals surface area contributed by atoms with Crippen molar-refractivity contribution >= 4 is 5.91 Å². The Morgan fingerprint density at radius 3 is 2.05 bits per heavy atom. The lowest BCUT2D eigenvalue weighted by Crippen LogP contribution is -2.35. The Hall–Kier alpha value is -2.13. The molecule has 0 saturated heterocycles. The second-order valence-corrected chi connectivity index (χ2v) is 4.85. The summed E-state index contributed by atoms with van der Waals surface area (Å²) < 4.78 is 0. The zero-order chi connectivity index (χ0) is 13.2. The minimum atomic E-state index is -0.574. The summed E-state index contributed by atoms with van der Waals surface area (Å²) in [5, 5.41) is 0. The van der Waals surface area contributed by atoms with Crippen LogP contribution in [0, 0.1) is 0 Å². The van der Waals surface area contributed by atoms with Gasteiger partial charge in [0.05, 0.1) is 0 Å².